The van der Waals surface area contributed by atoms with E-state index in [9.17, 15) is 0 Å². The molecule has 0 saturated heterocycles. The Hall–Kier alpha value is 0.350. The minimum Gasteiger partial charge on any atom is -0.179 e. The van der Waals surface area contributed by atoms with E-state index in [1.807, 2.05) is 0 Å². The van der Waals surface area contributed by atoms with Crippen molar-refractivity contribution in [1.82, 2.24) is 0 Å². The molecule has 0 aromatic carbocycles. The van der Waals surface area contributed by atoms with Gasteiger partial charge in [-0.1, -0.05) is 51.4 Å². The van der Waals surface area contributed by atoms with Crippen LogP contribution in [0.25, 0.3) is 0 Å². The predicted molar refractivity (Wildman–Crippen MR) is 58.9 cm³/mol. The average molecular weight is 186 g/mol. The zero-order chi connectivity index (χ0) is 8.65. The van der Waals surface area contributed by atoms with E-state index in [2.05, 4.69) is 12.6 Å². The smallest absolute Gasteiger partial charge is 0.00979 e. The molecule has 1 fully saturated rings. The summed E-state index contributed by atoms with van der Waals surface area (Å²) in [6, 6.07) is 0. The Bertz CT molecular complexity index is 95.2. The molecule has 72 valence electrons. The highest BCUT2D eigenvalue weighted by Gasteiger charge is 2.13. The van der Waals surface area contributed by atoms with Crippen molar-refractivity contribution in [2.75, 3.05) is 5.75 Å². The van der Waals surface area contributed by atoms with Crippen molar-refractivity contribution in [2.24, 2.45) is 5.92 Å². The number of hydrogen-bond acceptors (Lipinski definition) is 1. The normalized spacial score (nSPS) is 18.8. The number of hydrogen-bond donors (Lipinski definition) is 1. The van der Waals surface area contributed by atoms with E-state index in [4.69, 9.17) is 0 Å². The van der Waals surface area contributed by atoms with Gasteiger partial charge < -0.3 is 0 Å². The molecule has 1 heteroatoms. The third-order valence-electron chi connectivity index (χ3n) is 3.00. The maximum Gasteiger partial charge on any atom is -0.00979 e. The quantitative estimate of drug-likeness (QED) is 0.469. The summed E-state index contributed by atoms with van der Waals surface area (Å²) in [6.45, 7) is 0. The van der Waals surface area contributed by atoms with E-state index in [-0.39, 0.29) is 0 Å². The Kier molecular flexibility index (Phi) is 5.93. The number of unbranched alkanes of at least 4 members (excludes halogenated alkanes) is 3. The fourth-order valence-corrected chi connectivity index (χ4v) is 2.42. The lowest BCUT2D eigenvalue weighted by atomic mass is 10.00. The van der Waals surface area contributed by atoms with Gasteiger partial charge in [-0.3, -0.25) is 0 Å². The van der Waals surface area contributed by atoms with Gasteiger partial charge in [0, 0.05) is 0 Å². The fourth-order valence-electron chi connectivity index (χ4n) is 2.20. The van der Waals surface area contributed by atoms with Crippen molar-refractivity contribution in [2.45, 2.75) is 57.8 Å². The SMILES string of the molecule is SCCCCCCC1CCCC1. The first-order chi connectivity index (χ1) is 5.93. The predicted octanol–water partition coefficient (Wildman–Crippen LogP) is 4.06. The maximum absolute atomic E-state index is 4.21. The summed E-state index contributed by atoms with van der Waals surface area (Å²) in [6.07, 6.45) is 13.2. The molecule has 0 aromatic heterocycles. The van der Waals surface area contributed by atoms with Gasteiger partial charge in [-0.2, -0.15) is 12.6 Å². The fraction of sp³-hybridized carbons (Fsp3) is 1.00. The first kappa shape index (κ1) is 10.4. The summed E-state index contributed by atoms with van der Waals surface area (Å²) in [7, 11) is 0. The second kappa shape index (κ2) is 6.82. The molecule has 1 aliphatic rings. The van der Waals surface area contributed by atoms with Gasteiger partial charge in [0.15, 0.2) is 0 Å². The van der Waals surface area contributed by atoms with Gasteiger partial charge in [0.25, 0.3) is 0 Å². The monoisotopic (exact) mass is 186 g/mol. The van der Waals surface area contributed by atoms with E-state index in [0.717, 1.165) is 11.7 Å². The summed E-state index contributed by atoms with van der Waals surface area (Å²) < 4.78 is 0. The molecule has 0 bridgehead atoms. The maximum atomic E-state index is 4.21. The van der Waals surface area contributed by atoms with E-state index in [1.54, 1.807) is 0 Å². The second-order valence-corrected chi connectivity index (χ2v) is 4.52. The number of thiol groups is 1. The molecule has 1 saturated carbocycles. The highest BCUT2D eigenvalue weighted by atomic mass is 32.1. The van der Waals surface area contributed by atoms with Crippen molar-refractivity contribution < 1.29 is 0 Å². The number of rotatable bonds is 6. The Balaban J connectivity index is 1.81. The summed E-state index contributed by atoms with van der Waals surface area (Å²) in [4.78, 5) is 0. The van der Waals surface area contributed by atoms with E-state index in [1.165, 1.54) is 57.8 Å². The van der Waals surface area contributed by atoms with Crippen LogP contribution in [-0.4, -0.2) is 5.75 Å². The van der Waals surface area contributed by atoms with Gasteiger partial charge >= 0.3 is 0 Å². The van der Waals surface area contributed by atoms with E-state index >= 15 is 0 Å². The van der Waals surface area contributed by atoms with Crippen molar-refractivity contribution in [3.63, 3.8) is 0 Å². The molecule has 0 spiro atoms. The Morgan fingerprint density at radius 3 is 2.25 bits per heavy atom. The van der Waals surface area contributed by atoms with E-state index < -0.39 is 0 Å². The minimum absolute atomic E-state index is 1.07. The minimum atomic E-state index is 1.07. The highest BCUT2D eigenvalue weighted by Crippen LogP contribution is 2.29. The van der Waals surface area contributed by atoms with Crippen LogP contribution in [0.4, 0.5) is 0 Å². The lowest BCUT2D eigenvalue weighted by Gasteiger charge is -2.07. The first-order valence-electron chi connectivity index (χ1n) is 5.54. The zero-order valence-electron chi connectivity index (χ0n) is 8.10. The summed E-state index contributed by atoms with van der Waals surface area (Å²) in [5.41, 5.74) is 0. The largest absolute Gasteiger partial charge is 0.179 e. The van der Waals surface area contributed by atoms with Crippen LogP contribution >= 0.6 is 12.6 Å². The molecule has 0 heterocycles. The van der Waals surface area contributed by atoms with Crippen LogP contribution in [0.1, 0.15) is 57.8 Å². The van der Waals surface area contributed by atoms with Crippen LogP contribution in [0.2, 0.25) is 0 Å². The van der Waals surface area contributed by atoms with Gasteiger partial charge in [0.1, 0.15) is 0 Å². The van der Waals surface area contributed by atoms with Gasteiger partial charge in [-0.25, -0.2) is 0 Å². The molecule has 0 radical (unpaired) electrons. The lowest BCUT2D eigenvalue weighted by molar-refractivity contribution is 0.467. The summed E-state index contributed by atoms with van der Waals surface area (Å²) in [5.74, 6) is 2.17. The molecule has 1 aliphatic carbocycles. The lowest BCUT2D eigenvalue weighted by Crippen LogP contribution is -1.92. The molecule has 0 amide bonds. The molecule has 0 nitrogen and oxygen atoms in total. The topological polar surface area (TPSA) is 0 Å². The van der Waals surface area contributed by atoms with E-state index in [0.29, 0.717) is 0 Å². The summed E-state index contributed by atoms with van der Waals surface area (Å²) >= 11 is 4.21. The van der Waals surface area contributed by atoms with Crippen LogP contribution in [0.3, 0.4) is 0 Å². The Labute approximate surface area is 82.5 Å². The van der Waals surface area contributed by atoms with Crippen molar-refractivity contribution in [1.29, 1.82) is 0 Å². The molecule has 0 aliphatic heterocycles. The van der Waals surface area contributed by atoms with Gasteiger partial charge in [0.05, 0.1) is 0 Å². The molecular weight excluding hydrogens is 164 g/mol. The standard InChI is InChI=1S/C11H22S/c12-10-6-2-1-3-7-11-8-4-5-9-11/h11-12H,1-10H2. The van der Waals surface area contributed by atoms with Crippen LogP contribution in [0, 0.1) is 5.92 Å². The molecular formula is C11H22S. The molecule has 1 rings (SSSR count). The van der Waals surface area contributed by atoms with Gasteiger partial charge in [0.2, 0.25) is 0 Å². The van der Waals surface area contributed by atoms with Gasteiger partial charge in [-0.15, -0.1) is 0 Å². The molecule has 0 atom stereocenters. The second-order valence-electron chi connectivity index (χ2n) is 4.08. The van der Waals surface area contributed by atoms with Crippen molar-refractivity contribution >= 4 is 12.6 Å². The van der Waals surface area contributed by atoms with Crippen molar-refractivity contribution in [3.05, 3.63) is 0 Å². The van der Waals surface area contributed by atoms with Crippen LogP contribution in [0.5, 0.6) is 0 Å². The third-order valence-corrected chi connectivity index (χ3v) is 3.31. The molecule has 0 aromatic rings. The first-order valence-corrected chi connectivity index (χ1v) is 6.17. The highest BCUT2D eigenvalue weighted by molar-refractivity contribution is 7.80. The zero-order valence-corrected chi connectivity index (χ0v) is 8.99. The van der Waals surface area contributed by atoms with Gasteiger partial charge in [-0.05, 0) is 18.1 Å². The molecule has 12 heavy (non-hydrogen) atoms. The Morgan fingerprint density at radius 1 is 0.917 bits per heavy atom. The van der Waals surface area contributed by atoms with Crippen LogP contribution in [0.15, 0.2) is 0 Å². The van der Waals surface area contributed by atoms with Crippen LogP contribution < -0.4 is 0 Å². The summed E-state index contributed by atoms with van der Waals surface area (Å²) in [5, 5.41) is 0. The molecule has 0 N–H and O–H groups in total. The van der Waals surface area contributed by atoms with Crippen LogP contribution in [-0.2, 0) is 0 Å². The Morgan fingerprint density at radius 2 is 1.58 bits per heavy atom. The average Bonchev–Trinajstić information content (AvgIpc) is 2.57. The third kappa shape index (κ3) is 4.39. The van der Waals surface area contributed by atoms with Crippen molar-refractivity contribution in [3.8, 4) is 0 Å². The molecule has 0 unspecified atom stereocenters.